The Labute approximate surface area is 162 Å². The van der Waals surface area contributed by atoms with Gasteiger partial charge >= 0.3 is 5.97 Å². The molecule has 1 aliphatic heterocycles. The Hall–Kier alpha value is -2.06. The van der Waals surface area contributed by atoms with Crippen molar-refractivity contribution in [3.05, 3.63) is 23.8 Å². The Bertz CT molecular complexity index is 750. The molecule has 1 heterocycles. The molecule has 2 unspecified atom stereocenters. The van der Waals surface area contributed by atoms with Crippen LogP contribution in [0.1, 0.15) is 37.0 Å². The lowest BCUT2D eigenvalue weighted by Gasteiger charge is -2.30. The van der Waals surface area contributed by atoms with Crippen LogP contribution in [0.15, 0.2) is 23.1 Å². The first-order valence-electron chi connectivity index (χ1n) is 9.06. The van der Waals surface area contributed by atoms with Crippen LogP contribution < -0.4 is 5.32 Å². The van der Waals surface area contributed by atoms with Crippen LogP contribution in [-0.2, 0) is 19.1 Å². The van der Waals surface area contributed by atoms with Crippen LogP contribution in [0.4, 0.5) is 5.69 Å². The number of ether oxygens (including phenoxy) is 2. The summed E-state index contributed by atoms with van der Waals surface area (Å²) in [5, 5.41) is 2.67. The smallest absolute Gasteiger partial charge is 0.331 e. The molecule has 1 aromatic rings. The van der Waals surface area contributed by atoms with Gasteiger partial charge in [0.25, 0.3) is 5.91 Å². The van der Waals surface area contributed by atoms with Crippen LogP contribution in [0.25, 0.3) is 0 Å². The van der Waals surface area contributed by atoms with Crippen molar-refractivity contribution in [2.75, 3.05) is 25.6 Å². The number of carbonyl (C=O) groups excluding carboxylic acids is 3. The summed E-state index contributed by atoms with van der Waals surface area (Å²) in [6.45, 7) is 3.89. The van der Waals surface area contributed by atoms with E-state index in [2.05, 4.69) is 5.32 Å². The number of carbonyl (C=O) groups is 3. The van der Waals surface area contributed by atoms with Gasteiger partial charge in [0, 0.05) is 23.6 Å². The summed E-state index contributed by atoms with van der Waals surface area (Å²) in [7, 11) is 1.49. The zero-order valence-electron chi connectivity index (χ0n) is 15.7. The standard InChI is InChI=1S/C19H24N2O5S/c1-4-26-19(24)15(10-25-3)21(13-6-7-13)18(23)12-5-8-16-14(9-12)20-17(22)11(2)27-16/h5,8-9,11,13,15H,4,6-7,10H2,1-3H3,(H,20,22). The van der Waals surface area contributed by atoms with E-state index in [4.69, 9.17) is 9.47 Å². The van der Waals surface area contributed by atoms with Crippen molar-refractivity contribution in [1.82, 2.24) is 4.90 Å². The fourth-order valence-corrected chi connectivity index (χ4v) is 3.99. The van der Waals surface area contributed by atoms with Gasteiger partial charge in [-0.15, -0.1) is 11.8 Å². The Morgan fingerprint density at radius 2 is 2.11 bits per heavy atom. The van der Waals surface area contributed by atoms with E-state index in [0.717, 1.165) is 17.7 Å². The topological polar surface area (TPSA) is 84.9 Å². The number of thioether (sulfide) groups is 1. The molecule has 2 atom stereocenters. The number of hydrogen-bond acceptors (Lipinski definition) is 6. The van der Waals surface area contributed by atoms with Gasteiger partial charge in [0.2, 0.25) is 5.91 Å². The molecule has 0 aromatic heterocycles. The van der Waals surface area contributed by atoms with Crippen LogP contribution in [-0.4, -0.2) is 60.3 Å². The van der Waals surface area contributed by atoms with E-state index in [1.807, 2.05) is 13.0 Å². The number of amides is 2. The number of nitrogens with one attached hydrogen (secondary N) is 1. The molecule has 0 saturated heterocycles. The molecule has 8 heteroatoms. The molecule has 0 bridgehead atoms. The van der Waals surface area contributed by atoms with E-state index in [-0.39, 0.29) is 36.3 Å². The van der Waals surface area contributed by atoms with Gasteiger partial charge in [-0.2, -0.15) is 0 Å². The highest BCUT2D eigenvalue weighted by Gasteiger charge is 2.41. The number of fused-ring (bicyclic) bond motifs is 1. The van der Waals surface area contributed by atoms with Gasteiger partial charge in [-0.1, -0.05) is 0 Å². The number of methoxy groups -OCH3 is 1. The highest BCUT2D eigenvalue weighted by molar-refractivity contribution is 8.00. The summed E-state index contributed by atoms with van der Waals surface area (Å²) in [6.07, 6.45) is 1.70. The van der Waals surface area contributed by atoms with E-state index in [0.29, 0.717) is 11.3 Å². The second kappa shape index (κ2) is 8.31. The number of hydrogen-bond donors (Lipinski definition) is 1. The first-order chi connectivity index (χ1) is 13.0. The minimum atomic E-state index is -0.782. The lowest BCUT2D eigenvalue weighted by atomic mass is 10.1. The third-order valence-electron chi connectivity index (χ3n) is 4.55. The quantitative estimate of drug-likeness (QED) is 0.717. The van der Waals surface area contributed by atoms with Crippen LogP contribution in [0.3, 0.4) is 0 Å². The van der Waals surface area contributed by atoms with Crippen LogP contribution in [0.5, 0.6) is 0 Å². The van der Waals surface area contributed by atoms with Crippen molar-refractivity contribution in [2.45, 2.75) is 48.9 Å². The molecule has 2 amide bonds. The van der Waals surface area contributed by atoms with Gasteiger partial charge in [-0.05, 0) is 44.9 Å². The molecule has 1 aliphatic carbocycles. The lowest BCUT2D eigenvalue weighted by Crippen LogP contribution is -2.49. The van der Waals surface area contributed by atoms with Gasteiger partial charge < -0.3 is 19.7 Å². The number of benzene rings is 1. The third-order valence-corrected chi connectivity index (χ3v) is 5.73. The maximum atomic E-state index is 13.2. The molecule has 1 saturated carbocycles. The van der Waals surface area contributed by atoms with Crippen LogP contribution in [0.2, 0.25) is 0 Å². The van der Waals surface area contributed by atoms with E-state index in [1.54, 1.807) is 24.0 Å². The predicted molar refractivity (Wildman–Crippen MR) is 102 cm³/mol. The first kappa shape index (κ1) is 19.7. The summed E-state index contributed by atoms with van der Waals surface area (Å²) in [5.41, 5.74) is 1.06. The molecule has 1 aromatic carbocycles. The molecule has 0 spiro atoms. The molecule has 27 heavy (non-hydrogen) atoms. The predicted octanol–water partition coefficient (Wildman–Crippen LogP) is 2.30. The summed E-state index contributed by atoms with van der Waals surface area (Å²) in [4.78, 5) is 40.1. The van der Waals surface area contributed by atoms with Crippen LogP contribution in [0, 0.1) is 0 Å². The van der Waals surface area contributed by atoms with E-state index < -0.39 is 12.0 Å². The summed E-state index contributed by atoms with van der Waals surface area (Å²) in [5.74, 6) is -0.802. The molecule has 2 aliphatic rings. The van der Waals surface area contributed by atoms with Crippen LogP contribution >= 0.6 is 11.8 Å². The Kier molecular flexibility index (Phi) is 6.06. The van der Waals surface area contributed by atoms with Crippen molar-refractivity contribution in [1.29, 1.82) is 0 Å². The summed E-state index contributed by atoms with van der Waals surface area (Å²) < 4.78 is 10.3. The lowest BCUT2D eigenvalue weighted by molar-refractivity contribution is -0.150. The number of nitrogens with zero attached hydrogens (tertiary/aromatic N) is 1. The van der Waals surface area contributed by atoms with E-state index >= 15 is 0 Å². The number of rotatable bonds is 7. The zero-order chi connectivity index (χ0) is 19.6. The molecule has 7 nitrogen and oxygen atoms in total. The number of esters is 1. The second-order valence-corrected chi connectivity index (χ2v) is 8.01. The average molecular weight is 392 g/mol. The van der Waals surface area contributed by atoms with Gasteiger partial charge in [-0.3, -0.25) is 9.59 Å². The molecule has 1 N–H and O–H groups in total. The highest BCUT2D eigenvalue weighted by Crippen LogP contribution is 2.37. The van der Waals surface area contributed by atoms with Crippen molar-refractivity contribution < 1.29 is 23.9 Å². The Morgan fingerprint density at radius 1 is 1.37 bits per heavy atom. The summed E-state index contributed by atoms with van der Waals surface area (Å²) >= 11 is 1.46. The van der Waals surface area contributed by atoms with Crippen molar-refractivity contribution in [3.8, 4) is 0 Å². The molecule has 3 rings (SSSR count). The molecule has 0 radical (unpaired) electrons. The second-order valence-electron chi connectivity index (χ2n) is 6.63. The fourth-order valence-electron chi connectivity index (χ4n) is 3.06. The van der Waals surface area contributed by atoms with Gasteiger partial charge in [0.05, 0.1) is 24.2 Å². The van der Waals surface area contributed by atoms with E-state index in [9.17, 15) is 14.4 Å². The molecular weight excluding hydrogens is 368 g/mol. The molecule has 1 fully saturated rings. The molecular formula is C19H24N2O5S. The maximum absolute atomic E-state index is 13.2. The van der Waals surface area contributed by atoms with Crippen molar-refractivity contribution in [3.63, 3.8) is 0 Å². The summed E-state index contributed by atoms with van der Waals surface area (Å²) in [6, 6.07) is 4.47. The Balaban J connectivity index is 1.88. The van der Waals surface area contributed by atoms with Crippen molar-refractivity contribution in [2.24, 2.45) is 0 Å². The fraction of sp³-hybridized carbons (Fsp3) is 0.526. The Morgan fingerprint density at radius 3 is 2.74 bits per heavy atom. The molecule has 146 valence electrons. The van der Waals surface area contributed by atoms with Gasteiger partial charge in [0.15, 0.2) is 6.04 Å². The minimum absolute atomic E-state index is 0.00192. The van der Waals surface area contributed by atoms with Crippen molar-refractivity contribution >= 4 is 35.2 Å². The zero-order valence-corrected chi connectivity index (χ0v) is 16.5. The van der Waals surface area contributed by atoms with Gasteiger partial charge in [-0.25, -0.2) is 4.79 Å². The average Bonchev–Trinajstić information content (AvgIpc) is 3.47. The number of anilines is 1. The van der Waals surface area contributed by atoms with Gasteiger partial charge in [0.1, 0.15) is 0 Å². The normalized spacial score (nSPS) is 19.7. The minimum Gasteiger partial charge on any atom is -0.464 e. The SMILES string of the molecule is CCOC(=O)C(COC)N(C(=O)c1ccc2c(c1)NC(=O)C(C)S2)C1CC1. The third kappa shape index (κ3) is 4.27. The largest absolute Gasteiger partial charge is 0.464 e. The highest BCUT2D eigenvalue weighted by atomic mass is 32.2. The van der Waals surface area contributed by atoms with E-state index in [1.165, 1.54) is 18.9 Å². The first-order valence-corrected chi connectivity index (χ1v) is 9.94. The maximum Gasteiger partial charge on any atom is 0.331 e. The monoisotopic (exact) mass is 392 g/mol.